The first kappa shape index (κ1) is 22.7. The van der Waals surface area contributed by atoms with Crippen molar-refractivity contribution in [2.45, 2.75) is 6.54 Å². The average Bonchev–Trinajstić information content (AvgIpc) is 2.90. The summed E-state index contributed by atoms with van der Waals surface area (Å²) in [6, 6.07) is 26.0. The fraction of sp³-hybridized carbons (Fsp3) is 0.0357. The Morgan fingerprint density at radius 1 is 0.750 bits per heavy atom. The van der Waals surface area contributed by atoms with Gasteiger partial charge < -0.3 is 16.0 Å². The minimum absolute atomic E-state index is 0.0964. The molecule has 5 rings (SSSR count). The number of benzene rings is 3. The van der Waals surface area contributed by atoms with Gasteiger partial charge >= 0.3 is 0 Å². The van der Waals surface area contributed by atoms with Gasteiger partial charge in [-0.05, 0) is 72.3 Å². The highest BCUT2D eigenvalue weighted by Gasteiger charge is 2.09. The van der Waals surface area contributed by atoms with E-state index >= 15 is 0 Å². The number of fused-ring (bicyclic) bond motifs is 1. The van der Waals surface area contributed by atoms with E-state index in [-0.39, 0.29) is 12.5 Å². The molecule has 0 saturated heterocycles. The number of anilines is 5. The van der Waals surface area contributed by atoms with Gasteiger partial charge in [-0.25, -0.2) is 0 Å². The Labute approximate surface area is 207 Å². The molecule has 2 aromatic heterocycles. The van der Waals surface area contributed by atoms with E-state index in [1.54, 1.807) is 30.7 Å². The summed E-state index contributed by atoms with van der Waals surface area (Å²) in [5.41, 5.74) is 6.12. The summed E-state index contributed by atoms with van der Waals surface area (Å²) >= 11 is 0. The number of nitroso groups, excluding NO2 is 1. The SMILES string of the molecule is O=NCc1ccc2nccc(Nc3cccc(C(=O)Nc4cccc(Nc5ccncc5)c4)c3)c2c1. The Hall–Kier alpha value is -5.11. The van der Waals surface area contributed by atoms with Gasteiger partial charge in [0.25, 0.3) is 5.91 Å². The van der Waals surface area contributed by atoms with E-state index < -0.39 is 0 Å². The van der Waals surface area contributed by atoms with Gasteiger partial charge in [0.05, 0.1) is 5.52 Å². The van der Waals surface area contributed by atoms with Gasteiger partial charge in [-0.1, -0.05) is 23.4 Å². The third kappa shape index (κ3) is 5.34. The molecule has 0 aliphatic carbocycles. The van der Waals surface area contributed by atoms with Crippen molar-refractivity contribution in [1.82, 2.24) is 9.97 Å². The lowest BCUT2D eigenvalue weighted by Crippen LogP contribution is -2.12. The Morgan fingerprint density at radius 3 is 2.36 bits per heavy atom. The molecule has 8 heteroatoms. The number of nitrogens with one attached hydrogen (secondary N) is 3. The molecule has 3 N–H and O–H groups in total. The second kappa shape index (κ2) is 10.4. The van der Waals surface area contributed by atoms with Crippen LogP contribution in [0.4, 0.5) is 28.4 Å². The Kier molecular flexibility index (Phi) is 6.57. The fourth-order valence-electron chi connectivity index (χ4n) is 3.85. The number of hydrogen-bond donors (Lipinski definition) is 3. The summed E-state index contributed by atoms with van der Waals surface area (Å²) < 4.78 is 0. The highest BCUT2D eigenvalue weighted by molar-refractivity contribution is 6.05. The normalized spacial score (nSPS) is 10.6. The van der Waals surface area contributed by atoms with Crippen LogP contribution in [0.1, 0.15) is 15.9 Å². The number of nitrogens with zero attached hydrogens (tertiary/aromatic N) is 3. The van der Waals surface area contributed by atoms with Gasteiger partial charge in [-0.3, -0.25) is 14.8 Å². The molecule has 36 heavy (non-hydrogen) atoms. The van der Waals surface area contributed by atoms with Crippen molar-refractivity contribution >= 4 is 45.2 Å². The van der Waals surface area contributed by atoms with E-state index in [1.165, 1.54) is 0 Å². The van der Waals surface area contributed by atoms with E-state index in [9.17, 15) is 9.70 Å². The Balaban J connectivity index is 1.33. The zero-order valence-electron chi connectivity index (χ0n) is 19.2. The van der Waals surface area contributed by atoms with Gasteiger partial charge in [-0.15, -0.1) is 0 Å². The summed E-state index contributed by atoms with van der Waals surface area (Å²) in [4.78, 5) is 32.1. The third-order valence-electron chi connectivity index (χ3n) is 5.55. The molecule has 0 saturated carbocycles. The molecule has 0 radical (unpaired) electrons. The average molecular weight is 475 g/mol. The molecule has 0 aliphatic rings. The Bertz CT molecular complexity index is 1540. The second-order valence-electron chi connectivity index (χ2n) is 8.10. The quantitative estimate of drug-likeness (QED) is 0.218. The van der Waals surface area contributed by atoms with Gasteiger partial charge in [0.15, 0.2) is 0 Å². The van der Waals surface area contributed by atoms with E-state index in [0.29, 0.717) is 11.3 Å². The maximum absolute atomic E-state index is 13.0. The smallest absolute Gasteiger partial charge is 0.255 e. The molecule has 0 unspecified atom stereocenters. The van der Waals surface area contributed by atoms with Crippen molar-refractivity contribution < 1.29 is 4.79 Å². The van der Waals surface area contributed by atoms with Crippen molar-refractivity contribution in [3.8, 4) is 0 Å². The van der Waals surface area contributed by atoms with Crippen molar-refractivity contribution in [3.05, 3.63) is 120 Å². The van der Waals surface area contributed by atoms with Crippen molar-refractivity contribution in [1.29, 1.82) is 0 Å². The molecule has 8 nitrogen and oxygen atoms in total. The minimum atomic E-state index is -0.223. The van der Waals surface area contributed by atoms with Crippen LogP contribution in [0.25, 0.3) is 10.9 Å². The lowest BCUT2D eigenvalue weighted by atomic mass is 10.1. The number of carbonyl (C=O) groups is 1. The van der Waals surface area contributed by atoms with Gasteiger partial charge in [0.2, 0.25) is 0 Å². The maximum atomic E-state index is 13.0. The highest BCUT2D eigenvalue weighted by atomic mass is 16.3. The number of rotatable bonds is 8. The molecule has 0 atom stereocenters. The van der Waals surface area contributed by atoms with Crippen LogP contribution in [0.5, 0.6) is 0 Å². The lowest BCUT2D eigenvalue weighted by Gasteiger charge is -2.12. The number of aromatic nitrogens is 2. The summed E-state index contributed by atoms with van der Waals surface area (Å²) in [7, 11) is 0. The topological polar surface area (TPSA) is 108 Å². The van der Waals surface area contributed by atoms with Crippen LogP contribution in [0.3, 0.4) is 0 Å². The lowest BCUT2D eigenvalue weighted by molar-refractivity contribution is 0.102. The zero-order valence-corrected chi connectivity index (χ0v) is 19.2. The first-order valence-corrected chi connectivity index (χ1v) is 11.3. The van der Waals surface area contributed by atoms with Crippen LogP contribution in [0.2, 0.25) is 0 Å². The largest absolute Gasteiger partial charge is 0.355 e. The predicted octanol–water partition coefficient (Wildman–Crippen LogP) is 6.64. The highest BCUT2D eigenvalue weighted by Crippen LogP contribution is 2.27. The molecule has 0 spiro atoms. The van der Waals surface area contributed by atoms with Gasteiger partial charge in [-0.2, -0.15) is 4.91 Å². The summed E-state index contributed by atoms with van der Waals surface area (Å²) in [5, 5.41) is 13.5. The fourth-order valence-corrected chi connectivity index (χ4v) is 3.85. The predicted molar refractivity (Wildman–Crippen MR) is 143 cm³/mol. The van der Waals surface area contributed by atoms with Crippen LogP contribution in [-0.4, -0.2) is 15.9 Å². The number of hydrogen-bond acceptors (Lipinski definition) is 7. The molecular formula is C28H22N6O2. The Morgan fingerprint density at radius 2 is 1.53 bits per heavy atom. The third-order valence-corrected chi connectivity index (χ3v) is 5.55. The zero-order chi connectivity index (χ0) is 24.7. The molecule has 0 aliphatic heterocycles. The van der Waals surface area contributed by atoms with E-state index in [0.717, 1.165) is 39.2 Å². The standard InChI is InChI=1S/C28H22N6O2/c35-28(34-24-6-2-5-23(17-24)32-21-9-12-29-13-10-21)20-3-1-4-22(16-20)33-27-11-14-30-26-8-7-19(18-31-36)15-25(26)27/h1-17H,18H2,(H,29,32)(H,30,33)(H,34,35). The number of carbonyl (C=O) groups excluding carboxylic acids is 1. The molecule has 1 amide bonds. The molecule has 2 heterocycles. The van der Waals surface area contributed by atoms with Crippen molar-refractivity contribution in [3.63, 3.8) is 0 Å². The van der Waals surface area contributed by atoms with Crippen molar-refractivity contribution in [2.24, 2.45) is 5.18 Å². The van der Waals surface area contributed by atoms with Gasteiger partial charge in [0, 0.05) is 58.0 Å². The molecule has 0 fully saturated rings. The number of pyridine rings is 2. The van der Waals surface area contributed by atoms with Crippen LogP contribution < -0.4 is 16.0 Å². The van der Waals surface area contributed by atoms with Crippen LogP contribution in [0, 0.1) is 4.91 Å². The first-order valence-electron chi connectivity index (χ1n) is 11.3. The van der Waals surface area contributed by atoms with Crippen LogP contribution in [-0.2, 0) is 6.54 Å². The summed E-state index contributed by atoms with van der Waals surface area (Å²) in [6.45, 7) is 0.0964. The number of amides is 1. The monoisotopic (exact) mass is 474 g/mol. The molecule has 176 valence electrons. The van der Waals surface area contributed by atoms with E-state index in [4.69, 9.17) is 0 Å². The molecule has 5 aromatic rings. The molecule has 0 bridgehead atoms. The van der Waals surface area contributed by atoms with E-state index in [2.05, 4.69) is 31.1 Å². The van der Waals surface area contributed by atoms with Crippen molar-refractivity contribution in [2.75, 3.05) is 16.0 Å². The summed E-state index contributed by atoms with van der Waals surface area (Å²) in [6.07, 6.45) is 5.14. The van der Waals surface area contributed by atoms with Crippen LogP contribution in [0.15, 0.2) is 109 Å². The first-order chi connectivity index (χ1) is 17.7. The maximum Gasteiger partial charge on any atom is 0.255 e. The summed E-state index contributed by atoms with van der Waals surface area (Å²) in [5.74, 6) is -0.223. The minimum Gasteiger partial charge on any atom is -0.355 e. The molecular weight excluding hydrogens is 452 g/mol. The van der Waals surface area contributed by atoms with Gasteiger partial charge in [0.1, 0.15) is 6.54 Å². The molecule has 3 aromatic carbocycles. The van der Waals surface area contributed by atoms with Crippen LogP contribution >= 0.6 is 0 Å². The second-order valence-corrected chi connectivity index (χ2v) is 8.10. The van der Waals surface area contributed by atoms with E-state index in [1.807, 2.05) is 72.8 Å².